The molecule has 0 bridgehead atoms. The van der Waals surface area contributed by atoms with Crippen LogP contribution in [0, 0.1) is 35.3 Å². The van der Waals surface area contributed by atoms with E-state index in [4.69, 9.17) is 9.47 Å². The number of benzene rings is 2. The summed E-state index contributed by atoms with van der Waals surface area (Å²) in [5.41, 5.74) is 4.29. The molecule has 166 valence electrons. The maximum absolute atomic E-state index is 11.7. The van der Waals surface area contributed by atoms with E-state index in [1.54, 1.807) is 12.1 Å². The number of nitro benzene ring substituents is 1. The lowest BCUT2D eigenvalue weighted by molar-refractivity contribution is -0.386. The SMILES string of the molecule is CCCCCOc1c(OC)cc(/C=C(/C#N)c2nc3cc(C)c(C)cc3[nH]2)cc1[N+](=O)[O-]. The first kappa shape index (κ1) is 22.8. The Bertz CT molecular complexity index is 1180. The third-order valence-corrected chi connectivity index (χ3v) is 5.25. The second-order valence-corrected chi connectivity index (χ2v) is 7.59. The van der Waals surface area contributed by atoms with Crippen molar-refractivity contribution in [2.45, 2.75) is 40.0 Å². The van der Waals surface area contributed by atoms with Crippen LogP contribution in [0.25, 0.3) is 22.7 Å². The molecule has 8 heteroatoms. The largest absolute Gasteiger partial charge is 0.493 e. The molecule has 0 unspecified atom stereocenters. The quantitative estimate of drug-likeness (QED) is 0.199. The number of aryl methyl sites for hydroxylation is 2. The number of methoxy groups -OCH3 is 1. The van der Waals surface area contributed by atoms with Gasteiger partial charge in [0, 0.05) is 6.07 Å². The molecule has 2 aromatic carbocycles. The first-order chi connectivity index (χ1) is 15.4. The lowest BCUT2D eigenvalue weighted by Gasteiger charge is -2.12. The molecular formula is C24H26N4O4. The van der Waals surface area contributed by atoms with Crippen molar-refractivity contribution in [2.24, 2.45) is 0 Å². The van der Waals surface area contributed by atoms with Gasteiger partial charge in [-0.25, -0.2) is 4.98 Å². The second-order valence-electron chi connectivity index (χ2n) is 7.59. The summed E-state index contributed by atoms with van der Waals surface area (Å²) in [5.74, 6) is 0.739. The average molecular weight is 434 g/mol. The standard InChI is InChI=1S/C24H26N4O4/c1-5-6-7-8-32-23-21(28(29)30)12-17(13-22(23)31-4)11-18(14-25)24-26-19-9-15(2)16(3)10-20(19)27-24/h9-13H,5-8H2,1-4H3,(H,26,27)/b18-11-. The molecule has 0 radical (unpaired) electrons. The van der Waals surface area contributed by atoms with Gasteiger partial charge < -0.3 is 14.5 Å². The number of aromatic nitrogens is 2. The first-order valence-corrected chi connectivity index (χ1v) is 10.5. The molecule has 1 N–H and O–H groups in total. The summed E-state index contributed by atoms with van der Waals surface area (Å²) < 4.78 is 11.0. The van der Waals surface area contributed by atoms with Crippen LogP contribution in [0.3, 0.4) is 0 Å². The molecule has 1 aromatic heterocycles. The number of ether oxygens (including phenoxy) is 2. The smallest absolute Gasteiger partial charge is 0.315 e. The van der Waals surface area contributed by atoms with Gasteiger partial charge in [0.25, 0.3) is 0 Å². The minimum Gasteiger partial charge on any atom is -0.493 e. The van der Waals surface area contributed by atoms with Gasteiger partial charge in [0.05, 0.1) is 35.2 Å². The van der Waals surface area contributed by atoms with Crippen LogP contribution in [-0.4, -0.2) is 28.6 Å². The molecule has 1 heterocycles. The van der Waals surface area contributed by atoms with Crippen molar-refractivity contribution in [1.82, 2.24) is 9.97 Å². The number of nitro groups is 1. The summed E-state index contributed by atoms with van der Waals surface area (Å²) >= 11 is 0. The van der Waals surface area contributed by atoms with Gasteiger partial charge in [-0.05, 0) is 61.2 Å². The van der Waals surface area contributed by atoms with Gasteiger partial charge in [-0.2, -0.15) is 5.26 Å². The molecule has 3 rings (SSSR count). The fourth-order valence-corrected chi connectivity index (χ4v) is 3.37. The predicted octanol–water partition coefficient (Wildman–Crippen LogP) is 5.73. The van der Waals surface area contributed by atoms with Crippen LogP contribution in [0.5, 0.6) is 11.5 Å². The summed E-state index contributed by atoms with van der Waals surface area (Å²) in [6, 6.07) is 9.07. The minimum absolute atomic E-state index is 0.0962. The fourth-order valence-electron chi connectivity index (χ4n) is 3.37. The van der Waals surface area contributed by atoms with E-state index in [9.17, 15) is 15.4 Å². The summed E-state index contributed by atoms with van der Waals surface area (Å²) in [4.78, 5) is 18.9. The first-order valence-electron chi connectivity index (χ1n) is 10.5. The summed E-state index contributed by atoms with van der Waals surface area (Å²) in [7, 11) is 1.43. The molecule has 0 aliphatic rings. The number of hydrogen-bond donors (Lipinski definition) is 1. The van der Waals surface area contributed by atoms with E-state index in [2.05, 4.69) is 23.0 Å². The summed E-state index contributed by atoms with van der Waals surface area (Å²) in [6.45, 7) is 6.44. The molecule has 0 saturated carbocycles. The Labute approximate surface area is 186 Å². The topological polar surface area (TPSA) is 114 Å². The van der Waals surface area contributed by atoms with Crippen LogP contribution < -0.4 is 9.47 Å². The third-order valence-electron chi connectivity index (χ3n) is 5.25. The number of fused-ring (bicyclic) bond motifs is 1. The van der Waals surface area contributed by atoms with Gasteiger partial charge in [-0.15, -0.1) is 0 Å². The maximum atomic E-state index is 11.7. The van der Waals surface area contributed by atoms with Crippen LogP contribution in [0.2, 0.25) is 0 Å². The van der Waals surface area contributed by atoms with E-state index in [0.29, 0.717) is 18.0 Å². The zero-order valence-corrected chi connectivity index (χ0v) is 18.7. The van der Waals surface area contributed by atoms with E-state index in [1.807, 2.05) is 26.0 Å². The number of nitriles is 1. The van der Waals surface area contributed by atoms with Crippen molar-refractivity contribution in [3.05, 3.63) is 56.9 Å². The van der Waals surface area contributed by atoms with Gasteiger partial charge in [0.2, 0.25) is 5.75 Å². The number of H-pyrrole nitrogens is 1. The number of unbranched alkanes of at least 4 members (excludes halogenated alkanes) is 2. The van der Waals surface area contributed by atoms with E-state index in [0.717, 1.165) is 41.4 Å². The highest BCUT2D eigenvalue weighted by atomic mass is 16.6. The number of allylic oxidation sites excluding steroid dienone is 1. The lowest BCUT2D eigenvalue weighted by Crippen LogP contribution is -2.03. The molecule has 0 aliphatic carbocycles. The van der Waals surface area contributed by atoms with E-state index < -0.39 is 4.92 Å². The van der Waals surface area contributed by atoms with Gasteiger partial charge in [-0.1, -0.05) is 19.8 Å². The molecular weight excluding hydrogens is 408 g/mol. The number of imidazole rings is 1. The summed E-state index contributed by atoms with van der Waals surface area (Å²) in [5, 5.41) is 21.4. The molecule has 0 saturated heterocycles. The van der Waals surface area contributed by atoms with Gasteiger partial charge in [-0.3, -0.25) is 10.1 Å². The predicted molar refractivity (Wildman–Crippen MR) is 124 cm³/mol. The van der Waals surface area contributed by atoms with Crippen molar-refractivity contribution in [1.29, 1.82) is 5.26 Å². The highest BCUT2D eigenvalue weighted by molar-refractivity contribution is 5.91. The van der Waals surface area contributed by atoms with Gasteiger partial charge in [0.15, 0.2) is 5.75 Å². The van der Waals surface area contributed by atoms with E-state index >= 15 is 0 Å². The van der Waals surface area contributed by atoms with Crippen molar-refractivity contribution in [2.75, 3.05) is 13.7 Å². The average Bonchev–Trinajstić information content (AvgIpc) is 3.17. The fraction of sp³-hybridized carbons (Fsp3) is 0.333. The summed E-state index contributed by atoms with van der Waals surface area (Å²) in [6.07, 6.45) is 4.33. The Morgan fingerprint density at radius 2 is 2.00 bits per heavy atom. The Morgan fingerprint density at radius 1 is 1.25 bits per heavy atom. The molecule has 0 amide bonds. The van der Waals surface area contributed by atoms with Crippen molar-refractivity contribution >= 4 is 28.4 Å². The molecule has 8 nitrogen and oxygen atoms in total. The highest BCUT2D eigenvalue weighted by Gasteiger charge is 2.22. The van der Waals surface area contributed by atoms with E-state index in [1.165, 1.54) is 13.2 Å². The number of nitrogens with zero attached hydrogens (tertiary/aromatic N) is 3. The van der Waals surface area contributed by atoms with Crippen LogP contribution in [0.1, 0.15) is 48.7 Å². The van der Waals surface area contributed by atoms with Crippen LogP contribution in [0.15, 0.2) is 24.3 Å². The minimum atomic E-state index is -0.506. The Hall–Kier alpha value is -3.86. The Balaban J connectivity index is 2.02. The molecule has 0 aliphatic heterocycles. The Morgan fingerprint density at radius 3 is 2.66 bits per heavy atom. The zero-order chi connectivity index (χ0) is 23.3. The van der Waals surface area contributed by atoms with Crippen molar-refractivity contribution < 1.29 is 14.4 Å². The van der Waals surface area contributed by atoms with Crippen LogP contribution >= 0.6 is 0 Å². The maximum Gasteiger partial charge on any atom is 0.315 e. The van der Waals surface area contributed by atoms with Crippen molar-refractivity contribution in [3.8, 4) is 17.6 Å². The second kappa shape index (κ2) is 9.96. The number of nitrogens with one attached hydrogen (secondary N) is 1. The third kappa shape index (κ3) is 4.89. The molecule has 0 fully saturated rings. The molecule has 0 atom stereocenters. The van der Waals surface area contributed by atoms with Crippen LogP contribution in [-0.2, 0) is 0 Å². The highest BCUT2D eigenvalue weighted by Crippen LogP contribution is 2.39. The van der Waals surface area contributed by atoms with Crippen molar-refractivity contribution in [3.63, 3.8) is 0 Å². The van der Waals surface area contributed by atoms with E-state index in [-0.39, 0.29) is 22.8 Å². The van der Waals surface area contributed by atoms with Crippen LogP contribution in [0.4, 0.5) is 5.69 Å². The van der Waals surface area contributed by atoms with Gasteiger partial charge >= 0.3 is 5.69 Å². The molecule has 3 aromatic rings. The normalized spacial score (nSPS) is 11.4. The zero-order valence-electron chi connectivity index (χ0n) is 18.7. The Kier molecular flexibility index (Phi) is 7.11. The lowest BCUT2D eigenvalue weighted by atomic mass is 10.1. The number of rotatable bonds is 9. The monoisotopic (exact) mass is 434 g/mol. The molecule has 0 spiro atoms. The number of hydrogen-bond acceptors (Lipinski definition) is 6. The molecule has 32 heavy (non-hydrogen) atoms. The number of aromatic amines is 1. The van der Waals surface area contributed by atoms with Gasteiger partial charge in [0.1, 0.15) is 11.9 Å².